The SMILES string of the molecule is CCC1Oc2ccc(-c3csc(C)n3)cc2N(C(C)C(=O)Nc2cc(C)ccc2C)C1=O. The van der Waals surface area contributed by atoms with Crippen LogP contribution in [0.15, 0.2) is 41.8 Å². The van der Waals surface area contributed by atoms with Crippen molar-refractivity contribution in [2.24, 2.45) is 0 Å². The Morgan fingerprint density at radius 1 is 1.22 bits per heavy atom. The lowest BCUT2D eigenvalue weighted by Gasteiger charge is -2.37. The van der Waals surface area contributed by atoms with Gasteiger partial charge in [-0.05, 0) is 69.5 Å². The Kier molecular flexibility index (Phi) is 6.02. The first-order valence-corrected chi connectivity index (χ1v) is 11.6. The van der Waals surface area contributed by atoms with E-state index in [1.165, 1.54) is 0 Å². The molecule has 0 saturated heterocycles. The highest BCUT2D eigenvalue weighted by atomic mass is 32.1. The monoisotopic (exact) mass is 449 g/mol. The Morgan fingerprint density at radius 2 is 2.00 bits per heavy atom. The van der Waals surface area contributed by atoms with E-state index in [9.17, 15) is 9.59 Å². The van der Waals surface area contributed by atoms with Gasteiger partial charge in [0.1, 0.15) is 11.8 Å². The van der Waals surface area contributed by atoms with Crippen LogP contribution in [0.3, 0.4) is 0 Å². The van der Waals surface area contributed by atoms with Crippen molar-refractivity contribution < 1.29 is 14.3 Å². The van der Waals surface area contributed by atoms with E-state index < -0.39 is 12.1 Å². The number of hydrogen-bond donors (Lipinski definition) is 1. The van der Waals surface area contributed by atoms with Crippen molar-refractivity contribution in [1.29, 1.82) is 0 Å². The number of aromatic nitrogens is 1. The molecule has 7 heteroatoms. The Balaban J connectivity index is 1.70. The predicted octanol–water partition coefficient (Wildman–Crippen LogP) is 5.27. The van der Waals surface area contributed by atoms with Gasteiger partial charge in [0.15, 0.2) is 6.10 Å². The highest BCUT2D eigenvalue weighted by Gasteiger charge is 2.38. The van der Waals surface area contributed by atoms with Crippen LogP contribution in [0.25, 0.3) is 11.3 Å². The molecule has 0 fully saturated rings. The Bertz CT molecular complexity index is 1190. The molecule has 2 unspecified atom stereocenters. The van der Waals surface area contributed by atoms with Crippen LogP contribution in [-0.4, -0.2) is 28.9 Å². The number of rotatable bonds is 5. The number of benzene rings is 2. The minimum Gasteiger partial charge on any atom is -0.478 e. The first kappa shape index (κ1) is 22.0. The Labute approximate surface area is 192 Å². The third-order valence-corrected chi connectivity index (χ3v) is 6.48. The summed E-state index contributed by atoms with van der Waals surface area (Å²) >= 11 is 1.57. The Morgan fingerprint density at radius 3 is 2.69 bits per heavy atom. The summed E-state index contributed by atoms with van der Waals surface area (Å²) in [6, 6.07) is 10.9. The van der Waals surface area contributed by atoms with Gasteiger partial charge in [0.05, 0.1) is 16.4 Å². The predicted molar refractivity (Wildman–Crippen MR) is 128 cm³/mol. The number of aryl methyl sites for hydroxylation is 3. The molecular formula is C25H27N3O3S. The lowest BCUT2D eigenvalue weighted by molar-refractivity contribution is -0.129. The highest BCUT2D eigenvalue weighted by molar-refractivity contribution is 7.09. The zero-order valence-electron chi connectivity index (χ0n) is 18.9. The van der Waals surface area contributed by atoms with E-state index in [1.54, 1.807) is 23.2 Å². The zero-order valence-corrected chi connectivity index (χ0v) is 19.7. The van der Waals surface area contributed by atoms with E-state index in [0.717, 1.165) is 33.1 Å². The molecular weight excluding hydrogens is 422 g/mol. The lowest BCUT2D eigenvalue weighted by atomic mass is 10.0. The Hall–Kier alpha value is -3.19. The van der Waals surface area contributed by atoms with Gasteiger partial charge in [-0.2, -0.15) is 0 Å². The molecule has 2 atom stereocenters. The van der Waals surface area contributed by atoms with Crippen LogP contribution in [0, 0.1) is 20.8 Å². The van der Waals surface area contributed by atoms with Crippen LogP contribution in [0.2, 0.25) is 0 Å². The van der Waals surface area contributed by atoms with E-state index in [-0.39, 0.29) is 11.8 Å². The summed E-state index contributed by atoms with van der Waals surface area (Å²) in [7, 11) is 0. The fourth-order valence-corrected chi connectivity index (χ4v) is 4.44. The molecule has 166 valence electrons. The maximum absolute atomic E-state index is 13.3. The van der Waals surface area contributed by atoms with Crippen molar-refractivity contribution in [3.63, 3.8) is 0 Å². The van der Waals surface area contributed by atoms with E-state index >= 15 is 0 Å². The topological polar surface area (TPSA) is 71.5 Å². The van der Waals surface area contributed by atoms with Gasteiger partial charge in [0.25, 0.3) is 5.91 Å². The fourth-order valence-electron chi connectivity index (χ4n) is 3.82. The largest absolute Gasteiger partial charge is 0.478 e. The van der Waals surface area contributed by atoms with Crippen molar-refractivity contribution >= 4 is 34.5 Å². The second-order valence-electron chi connectivity index (χ2n) is 8.14. The maximum Gasteiger partial charge on any atom is 0.268 e. The average Bonchev–Trinajstić information content (AvgIpc) is 3.21. The molecule has 1 aromatic heterocycles. The number of ether oxygens (including phenoxy) is 1. The van der Waals surface area contributed by atoms with Crippen LogP contribution in [0.4, 0.5) is 11.4 Å². The summed E-state index contributed by atoms with van der Waals surface area (Å²) in [4.78, 5) is 32.6. The number of nitrogens with one attached hydrogen (secondary N) is 1. The third-order valence-electron chi connectivity index (χ3n) is 5.70. The molecule has 0 aliphatic carbocycles. The quantitative estimate of drug-likeness (QED) is 0.576. The van der Waals surface area contributed by atoms with Crippen LogP contribution >= 0.6 is 11.3 Å². The van der Waals surface area contributed by atoms with Crippen molar-refractivity contribution in [2.75, 3.05) is 10.2 Å². The molecule has 4 rings (SSSR count). The van der Waals surface area contributed by atoms with Crippen LogP contribution < -0.4 is 15.0 Å². The second-order valence-corrected chi connectivity index (χ2v) is 9.20. The van der Waals surface area contributed by atoms with Crippen LogP contribution in [-0.2, 0) is 9.59 Å². The van der Waals surface area contributed by atoms with Gasteiger partial charge in [0, 0.05) is 16.6 Å². The molecule has 3 aromatic rings. The molecule has 2 amide bonds. The first-order chi connectivity index (χ1) is 15.3. The van der Waals surface area contributed by atoms with Crippen LogP contribution in [0.5, 0.6) is 5.75 Å². The van der Waals surface area contributed by atoms with E-state index in [0.29, 0.717) is 17.9 Å². The number of anilines is 2. The number of carbonyl (C=O) groups is 2. The molecule has 32 heavy (non-hydrogen) atoms. The maximum atomic E-state index is 13.3. The van der Waals surface area contributed by atoms with Crippen molar-refractivity contribution in [1.82, 2.24) is 4.98 Å². The molecule has 6 nitrogen and oxygen atoms in total. The van der Waals surface area contributed by atoms with Crippen LogP contribution in [0.1, 0.15) is 36.4 Å². The van der Waals surface area contributed by atoms with E-state index in [1.807, 2.05) is 69.5 Å². The minimum absolute atomic E-state index is 0.213. The molecule has 0 bridgehead atoms. The number of amides is 2. The standard InChI is InChI=1S/C25H27N3O3S/c1-6-22-25(30)28(16(4)24(29)27-19-11-14(2)7-8-15(19)3)21-12-18(9-10-23(21)31-22)20-13-32-17(5)26-20/h7-13,16,22H,6H2,1-5H3,(H,27,29). The summed E-state index contributed by atoms with van der Waals surface area (Å²) in [5.74, 6) is 0.137. The highest BCUT2D eigenvalue weighted by Crippen LogP contribution is 2.39. The lowest BCUT2D eigenvalue weighted by Crippen LogP contribution is -2.53. The van der Waals surface area contributed by atoms with Gasteiger partial charge >= 0.3 is 0 Å². The summed E-state index contributed by atoms with van der Waals surface area (Å²) in [6.07, 6.45) is -0.0986. The first-order valence-electron chi connectivity index (χ1n) is 10.7. The average molecular weight is 450 g/mol. The van der Waals surface area contributed by atoms with Crippen molar-refractivity contribution in [2.45, 2.75) is 53.2 Å². The van der Waals surface area contributed by atoms with E-state index in [2.05, 4.69) is 10.3 Å². The van der Waals surface area contributed by atoms with Gasteiger partial charge < -0.3 is 10.1 Å². The zero-order chi connectivity index (χ0) is 23.0. The molecule has 1 N–H and O–H groups in total. The summed E-state index contributed by atoms with van der Waals surface area (Å²) < 4.78 is 5.96. The number of thiazole rings is 1. The second kappa shape index (κ2) is 8.74. The summed E-state index contributed by atoms with van der Waals surface area (Å²) in [6.45, 7) is 9.54. The number of hydrogen-bond acceptors (Lipinski definition) is 5. The normalized spacial score (nSPS) is 16.3. The molecule has 0 spiro atoms. The molecule has 2 aromatic carbocycles. The van der Waals surface area contributed by atoms with Gasteiger partial charge in [-0.1, -0.05) is 19.1 Å². The molecule has 0 saturated carbocycles. The summed E-state index contributed by atoms with van der Waals surface area (Å²) in [5.41, 5.74) is 5.09. The van der Waals surface area contributed by atoms with Gasteiger partial charge in [-0.15, -0.1) is 11.3 Å². The van der Waals surface area contributed by atoms with Gasteiger partial charge in [-0.3, -0.25) is 14.5 Å². The molecule has 0 radical (unpaired) electrons. The fraction of sp³-hybridized carbons (Fsp3) is 0.320. The van der Waals surface area contributed by atoms with Crippen molar-refractivity contribution in [3.8, 4) is 17.0 Å². The molecule has 1 aliphatic rings. The number of nitrogens with zero attached hydrogens (tertiary/aromatic N) is 2. The number of carbonyl (C=O) groups excluding carboxylic acids is 2. The minimum atomic E-state index is -0.716. The third kappa shape index (κ3) is 4.12. The molecule has 1 aliphatic heterocycles. The summed E-state index contributed by atoms with van der Waals surface area (Å²) in [5, 5.41) is 5.95. The van der Waals surface area contributed by atoms with Gasteiger partial charge in [0.2, 0.25) is 5.91 Å². The van der Waals surface area contributed by atoms with Crippen molar-refractivity contribution in [3.05, 3.63) is 57.9 Å². The molecule has 2 heterocycles. The number of fused-ring (bicyclic) bond motifs is 1. The van der Waals surface area contributed by atoms with Gasteiger partial charge in [-0.25, -0.2) is 4.98 Å². The smallest absolute Gasteiger partial charge is 0.268 e. The van der Waals surface area contributed by atoms with E-state index in [4.69, 9.17) is 4.74 Å².